The average Bonchev–Trinajstić information content (AvgIpc) is 3.05. The van der Waals surface area contributed by atoms with Crippen molar-refractivity contribution in [1.82, 2.24) is 24.9 Å². The van der Waals surface area contributed by atoms with Gasteiger partial charge in [0, 0.05) is 62.4 Å². The van der Waals surface area contributed by atoms with Gasteiger partial charge >= 0.3 is 0 Å². The largest absolute Gasteiger partial charge is 0.341 e. The Bertz CT molecular complexity index is 828. The van der Waals surface area contributed by atoms with Gasteiger partial charge in [0.1, 0.15) is 0 Å². The van der Waals surface area contributed by atoms with E-state index in [-0.39, 0.29) is 17.2 Å². The summed E-state index contributed by atoms with van der Waals surface area (Å²) < 4.78 is 5.29. The summed E-state index contributed by atoms with van der Waals surface area (Å²) in [6, 6.07) is 3.44. The highest BCUT2D eigenvalue weighted by Gasteiger charge is 2.23. The van der Waals surface area contributed by atoms with E-state index >= 15 is 0 Å². The predicted octanol–water partition coefficient (Wildman–Crippen LogP) is 2.46. The molecule has 0 unspecified atom stereocenters. The normalized spacial score (nSPS) is 15.3. The Morgan fingerprint density at radius 2 is 1.76 bits per heavy atom. The molecule has 0 aliphatic carbocycles. The summed E-state index contributed by atoms with van der Waals surface area (Å²) in [7, 11) is 0. The molecule has 1 fully saturated rings. The van der Waals surface area contributed by atoms with Gasteiger partial charge in [-0.05, 0) is 25.0 Å². The third kappa shape index (κ3) is 5.62. The summed E-state index contributed by atoms with van der Waals surface area (Å²) >= 11 is 0. The van der Waals surface area contributed by atoms with Crippen LogP contribution in [0.15, 0.2) is 29.0 Å². The third-order valence-corrected chi connectivity index (χ3v) is 4.98. The summed E-state index contributed by atoms with van der Waals surface area (Å²) in [5.41, 5.74) is 0.484. The number of pyridine rings is 1. The number of aryl methyl sites for hydroxylation is 1. The van der Waals surface area contributed by atoms with Crippen LogP contribution in [0, 0.1) is 0 Å². The smallest absolute Gasteiger partial charge is 0.254 e. The van der Waals surface area contributed by atoms with Crippen molar-refractivity contribution in [3.63, 3.8) is 0 Å². The maximum atomic E-state index is 12.6. The Morgan fingerprint density at radius 3 is 2.45 bits per heavy atom. The highest BCUT2D eigenvalue weighted by Crippen LogP contribution is 2.19. The summed E-state index contributed by atoms with van der Waals surface area (Å²) in [5, 5.41) is 4.01. The number of hydrogen-bond acceptors (Lipinski definition) is 6. The van der Waals surface area contributed by atoms with Gasteiger partial charge in [-0.2, -0.15) is 4.98 Å². The van der Waals surface area contributed by atoms with Crippen LogP contribution >= 0.6 is 0 Å². The number of amides is 2. The number of hydrogen-bond donors (Lipinski definition) is 0. The molecule has 156 valence electrons. The van der Waals surface area contributed by atoms with Gasteiger partial charge in [0.25, 0.3) is 5.91 Å². The van der Waals surface area contributed by atoms with E-state index in [9.17, 15) is 9.59 Å². The van der Waals surface area contributed by atoms with Gasteiger partial charge in [-0.25, -0.2) is 0 Å². The number of nitrogens with zero attached hydrogens (tertiary/aromatic N) is 5. The zero-order chi connectivity index (χ0) is 20.9. The molecule has 1 aliphatic rings. The summed E-state index contributed by atoms with van der Waals surface area (Å²) in [6.45, 7) is 8.54. The molecule has 8 heteroatoms. The number of carbonyl (C=O) groups excluding carboxylic acids is 2. The van der Waals surface area contributed by atoms with Crippen molar-refractivity contribution >= 4 is 11.8 Å². The Labute approximate surface area is 171 Å². The van der Waals surface area contributed by atoms with Gasteiger partial charge in [0.15, 0.2) is 5.82 Å². The van der Waals surface area contributed by atoms with Crippen LogP contribution in [0.5, 0.6) is 0 Å². The minimum absolute atomic E-state index is 0.00672. The van der Waals surface area contributed by atoms with Crippen LogP contribution in [0.2, 0.25) is 0 Å². The molecule has 2 amide bonds. The van der Waals surface area contributed by atoms with E-state index < -0.39 is 0 Å². The van der Waals surface area contributed by atoms with Crippen LogP contribution in [0.3, 0.4) is 0 Å². The van der Waals surface area contributed by atoms with Crippen molar-refractivity contribution in [3.05, 3.63) is 41.8 Å². The van der Waals surface area contributed by atoms with E-state index in [0.29, 0.717) is 62.7 Å². The van der Waals surface area contributed by atoms with Crippen molar-refractivity contribution in [1.29, 1.82) is 0 Å². The van der Waals surface area contributed by atoms with Crippen molar-refractivity contribution < 1.29 is 14.1 Å². The molecule has 3 heterocycles. The zero-order valence-corrected chi connectivity index (χ0v) is 17.4. The zero-order valence-electron chi connectivity index (χ0n) is 17.4. The molecule has 1 saturated heterocycles. The fourth-order valence-electron chi connectivity index (χ4n) is 3.26. The first-order valence-corrected chi connectivity index (χ1v) is 10.1. The van der Waals surface area contributed by atoms with E-state index in [4.69, 9.17) is 4.52 Å². The van der Waals surface area contributed by atoms with Crippen LogP contribution in [0.25, 0.3) is 0 Å². The second-order valence-corrected chi connectivity index (χ2v) is 8.38. The Hall–Kier alpha value is -2.77. The number of carbonyl (C=O) groups is 2. The molecular formula is C21H29N5O3. The van der Waals surface area contributed by atoms with Crippen LogP contribution in [-0.2, 0) is 16.6 Å². The van der Waals surface area contributed by atoms with Gasteiger partial charge < -0.3 is 14.3 Å². The van der Waals surface area contributed by atoms with Crippen LogP contribution in [0.4, 0.5) is 0 Å². The molecule has 2 aromatic rings. The lowest BCUT2D eigenvalue weighted by molar-refractivity contribution is -0.131. The van der Waals surface area contributed by atoms with E-state index in [1.165, 1.54) is 0 Å². The van der Waals surface area contributed by atoms with Crippen molar-refractivity contribution in [3.8, 4) is 0 Å². The fraction of sp³-hybridized carbons (Fsp3) is 0.571. The molecule has 0 bridgehead atoms. The predicted molar refractivity (Wildman–Crippen MR) is 107 cm³/mol. The second-order valence-electron chi connectivity index (χ2n) is 8.38. The first kappa shape index (κ1) is 21.0. The average molecular weight is 399 g/mol. The molecule has 0 atom stereocenters. The van der Waals surface area contributed by atoms with Gasteiger partial charge in [-0.15, -0.1) is 0 Å². The SMILES string of the molecule is CC(C)(C)c1noc(CCCC(=O)N2CCCN(C(=O)c3ccncc3)CC2)n1. The van der Waals surface area contributed by atoms with Crippen LogP contribution in [-0.4, -0.2) is 62.9 Å². The van der Waals surface area contributed by atoms with Gasteiger partial charge in [0.05, 0.1) is 0 Å². The summed E-state index contributed by atoms with van der Waals surface area (Å²) in [4.78, 5) is 37.2. The Balaban J connectivity index is 1.46. The molecule has 8 nitrogen and oxygen atoms in total. The first-order chi connectivity index (χ1) is 13.8. The van der Waals surface area contributed by atoms with E-state index in [0.717, 1.165) is 6.42 Å². The lowest BCUT2D eigenvalue weighted by atomic mass is 9.96. The second kappa shape index (κ2) is 9.15. The number of rotatable bonds is 5. The molecule has 0 radical (unpaired) electrons. The molecule has 0 aromatic carbocycles. The minimum atomic E-state index is -0.150. The van der Waals surface area contributed by atoms with Crippen molar-refractivity contribution in [2.75, 3.05) is 26.2 Å². The molecule has 2 aromatic heterocycles. The van der Waals surface area contributed by atoms with Crippen LogP contribution < -0.4 is 0 Å². The third-order valence-electron chi connectivity index (χ3n) is 4.98. The molecule has 3 rings (SSSR count). The van der Waals surface area contributed by atoms with E-state index in [1.807, 2.05) is 30.6 Å². The highest BCUT2D eigenvalue weighted by atomic mass is 16.5. The lowest BCUT2D eigenvalue weighted by Crippen LogP contribution is -2.37. The van der Waals surface area contributed by atoms with E-state index in [1.54, 1.807) is 24.5 Å². The van der Waals surface area contributed by atoms with E-state index in [2.05, 4.69) is 15.1 Å². The monoisotopic (exact) mass is 399 g/mol. The molecule has 0 saturated carbocycles. The van der Waals surface area contributed by atoms with Crippen molar-refractivity contribution in [2.45, 2.75) is 51.9 Å². The maximum Gasteiger partial charge on any atom is 0.254 e. The minimum Gasteiger partial charge on any atom is -0.341 e. The summed E-state index contributed by atoms with van der Waals surface area (Å²) in [6.07, 6.45) is 5.71. The molecule has 1 aliphatic heterocycles. The Kier molecular flexibility index (Phi) is 6.61. The van der Waals surface area contributed by atoms with Gasteiger partial charge in [-0.3, -0.25) is 14.6 Å². The van der Waals surface area contributed by atoms with Gasteiger partial charge in [-0.1, -0.05) is 25.9 Å². The molecule has 0 N–H and O–H groups in total. The fourth-order valence-corrected chi connectivity index (χ4v) is 3.26. The maximum absolute atomic E-state index is 12.6. The highest BCUT2D eigenvalue weighted by molar-refractivity contribution is 5.94. The Morgan fingerprint density at radius 1 is 1.07 bits per heavy atom. The quantitative estimate of drug-likeness (QED) is 0.767. The van der Waals surface area contributed by atoms with Crippen LogP contribution in [0.1, 0.15) is 62.1 Å². The van der Waals surface area contributed by atoms with Gasteiger partial charge in [0.2, 0.25) is 11.8 Å². The summed E-state index contributed by atoms with van der Waals surface area (Å²) in [5.74, 6) is 1.37. The molecule has 0 spiro atoms. The van der Waals surface area contributed by atoms with Crippen molar-refractivity contribution in [2.24, 2.45) is 0 Å². The molecule has 29 heavy (non-hydrogen) atoms. The molecular weight excluding hydrogens is 370 g/mol. The number of aromatic nitrogens is 3. The lowest BCUT2D eigenvalue weighted by Gasteiger charge is -2.22. The topological polar surface area (TPSA) is 92.4 Å². The standard InChI is InChI=1S/C21H29N5O3/c1-21(2,3)20-23-17(29-24-20)6-4-7-18(27)25-12-5-13-26(15-14-25)19(28)16-8-10-22-11-9-16/h8-11H,4-7,12-15H2,1-3H3. The first-order valence-electron chi connectivity index (χ1n) is 10.1.